The number of aliphatic hydroxyl groups excluding tert-OH is 1. The first-order valence-electron chi connectivity index (χ1n) is 8.36. The summed E-state index contributed by atoms with van der Waals surface area (Å²) in [5, 5.41) is 10.4. The molecule has 3 unspecified atom stereocenters. The molecule has 2 saturated carbocycles. The largest absolute Gasteiger partial charge is 0.392 e. The van der Waals surface area contributed by atoms with E-state index in [1.54, 1.807) is 0 Å². The van der Waals surface area contributed by atoms with Gasteiger partial charge < -0.3 is 9.84 Å². The van der Waals surface area contributed by atoms with E-state index in [9.17, 15) is 5.11 Å². The monoisotopic (exact) mass is 267 g/mol. The number of hydrogen-bond donors (Lipinski definition) is 1. The first kappa shape index (κ1) is 13.8. The van der Waals surface area contributed by atoms with E-state index in [0.29, 0.717) is 12.1 Å². The molecule has 1 aliphatic heterocycles. The number of morpholine rings is 1. The molecule has 0 aromatic rings. The van der Waals surface area contributed by atoms with Crippen LogP contribution in [0.2, 0.25) is 0 Å². The maximum absolute atomic E-state index is 10.4. The highest BCUT2D eigenvalue weighted by atomic mass is 16.5. The van der Waals surface area contributed by atoms with Gasteiger partial charge in [-0.05, 0) is 25.2 Å². The fraction of sp³-hybridized carbons (Fsp3) is 1.00. The van der Waals surface area contributed by atoms with Crippen molar-refractivity contribution in [3.63, 3.8) is 0 Å². The zero-order valence-electron chi connectivity index (χ0n) is 12.1. The van der Waals surface area contributed by atoms with Crippen molar-refractivity contribution < 1.29 is 9.84 Å². The summed E-state index contributed by atoms with van der Waals surface area (Å²) < 4.78 is 5.90. The van der Waals surface area contributed by atoms with Gasteiger partial charge in [-0.25, -0.2) is 0 Å². The number of hydrogen-bond acceptors (Lipinski definition) is 3. The lowest BCUT2D eigenvalue weighted by molar-refractivity contribution is -0.0982. The molecule has 3 aliphatic rings. The smallest absolute Gasteiger partial charge is 0.0730 e. The molecule has 0 amide bonds. The first-order chi connectivity index (χ1) is 9.33. The van der Waals surface area contributed by atoms with Gasteiger partial charge in [0.25, 0.3) is 0 Å². The minimum Gasteiger partial charge on any atom is -0.392 e. The van der Waals surface area contributed by atoms with Gasteiger partial charge in [0.15, 0.2) is 0 Å². The molecule has 3 nitrogen and oxygen atoms in total. The van der Waals surface area contributed by atoms with Crippen molar-refractivity contribution in [1.82, 2.24) is 4.90 Å². The summed E-state index contributed by atoms with van der Waals surface area (Å²) in [6, 6.07) is 0.584. The molecule has 1 saturated heterocycles. The van der Waals surface area contributed by atoms with Crippen LogP contribution >= 0.6 is 0 Å². The van der Waals surface area contributed by atoms with Crippen LogP contribution in [0.5, 0.6) is 0 Å². The number of nitrogens with zero attached hydrogens (tertiary/aromatic N) is 1. The van der Waals surface area contributed by atoms with Gasteiger partial charge in [0, 0.05) is 19.1 Å². The van der Waals surface area contributed by atoms with Crippen LogP contribution in [-0.4, -0.2) is 48.0 Å². The molecule has 3 fully saturated rings. The Morgan fingerprint density at radius 3 is 2.63 bits per heavy atom. The standard InChI is InChI=1S/C16H29NO2/c18-14(11-13-5-1-2-6-13)12-17-9-10-19-16-8-4-3-7-15(16)17/h13-16,18H,1-12H2. The van der Waals surface area contributed by atoms with Crippen LogP contribution in [0.25, 0.3) is 0 Å². The molecular formula is C16H29NO2. The number of β-amino-alcohol motifs (C(OH)–C–C–N with tert-alkyl or cyclic N) is 1. The Balaban J connectivity index is 1.49. The number of fused-ring (bicyclic) bond motifs is 1. The predicted octanol–water partition coefficient (Wildman–Crippen LogP) is 2.57. The summed E-state index contributed by atoms with van der Waals surface area (Å²) in [6.45, 7) is 2.75. The van der Waals surface area contributed by atoms with E-state index in [1.807, 2.05) is 0 Å². The van der Waals surface area contributed by atoms with Crippen LogP contribution in [-0.2, 0) is 4.74 Å². The second-order valence-corrected chi connectivity index (χ2v) is 6.80. The molecule has 0 aromatic heterocycles. The van der Waals surface area contributed by atoms with E-state index in [-0.39, 0.29) is 6.10 Å². The average molecular weight is 267 g/mol. The maximum Gasteiger partial charge on any atom is 0.0730 e. The molecule has 1 N–H and O–H groups in total. The van der Waals surface area contributed by atoms with Gasteiger partial charge in [0.2, 0.25) is 0 Å². The predicted molar refractivity (Wildman–Crippen MR) is 76.2 cm³/mol. The number of rotatable bonds is 4. The second-order valence-electron chi connectivity index (χ2n) is 6.80. The van der Waals surface area contributed by atoms with Gasteiger partial charge >= 0.3 is 0 Å². The van der Waals surface area contributed by atoms with E-state index in [2.05, 4.69) is 4.90 Å². The Morgan fingerprint density at radius 1 is 1.05 bits per heavy atom. The van der Waals surface area contributed by atoms with E-state index in [0.717, 1.165) is 32.0 Å². The fourth-order valence-electron chi connectivity index (χ4n) is 4.38. The van der Waals surface area contributed by atoms with Gasteiger partial charge in [-0.15, -0.1) is 0 Å². The Bertz CT molecular complexity index is 276. The van der Waals surface area contributed by atoms with E-state index >= 15 is 0 Å². The third-order valence-electron chi connectivity index (χ3n) is 5.37. The Labute approximate surface area is 117 Å². The SMILES string of the molecule is OC(CC1CCCC1)CN1CCOC2CCCCC21. The minimum absolute atomic E-state index is 0.122. The number of ether oxygens (including phenoxy) is 1. The Kier molecular flexibility index (Phi) is 4.78. The third-order valence-corrected chi connectivity index (χ3v) is 5.37. The van der Waals surface area contributed by atoms with Crippen LogP contribution in [0.3, 0.4) is 0 Å². The van der Waals surface area contributed by atoms with Crippen molar-refractivity contribution in [1.29, 1.82) is 0 Å². The van der Waals surface area contributed by atoms with Crippen LogP contribution < -0.4 is 0 Å². The second kappa shape index (κ2) is 6.55. The zero-order chi connectivity index (χ0) is 13.1. The van der Waals surface area contributed by atoms with Gasteiger partial charge in [0.05, 0.1) is 18.8 Å². The molecule has 3 rings (SSSR count). The average Bonchev–Trinajstić information content (AvgIpc) is 2.92. The fourth-order valence-corrected chi connectivity index (χ4v) is 4.38. The minimum atomic E-state index is -0.122. The van der Waals surface area contributed by atoms with Crippen LogP contribution in [0.4, 0.5) is 0 Å². The van der Waals surface area contributed by atoms with Crippen molar-refractivity contribution in [2.75, 3.05) is 19.7 Å². The van der Waals surface area contributed by atoms with E-state index in [1.165, 1.54) is 51.4 Å². The quantitative estimate of drug-likeness (QED) is 0.850. The van der Waals surface area contributed by atoms with Gasteiger partial charge in [-0.3, -0.25) is 4.90 Å². The highest BCUT2D eigenvalue weighted by Crippen LogP contribution is 2.31. The summed E-state index contributed by atoms with van der Waals surface area (Å²) in [7, 11) is 0. The lowest BCUT2D eigenvalue weighted by Gasteiger charge is -2.44. The molecule has 3 heteroatoms. The maximum atomic E-state index is 10.4. The van der Waals surface area contributed by atoms with E-state index < -0.39 is 0 Å². The first-order valence-corrected chi connectivity index (χ1v) is 8.36. The van der Waals surface area contributed by atoms with Crippen molar-refractivity contribution in [3.05, 3.63) is 0 Å². The van der Waals surface area contributed by atoms with Crippen LogP contribution in [0, 0.1) is 5.92 Å². The highest BCUT2D eigenvalue weighted by molar-refractivity contribution is 4.88. The summed E-state index contributed by atoms with van der Waals surface area (Å²) in [6.07, 6.45) is 11.9. The highest BCUT2D eigenvalue weighted by Gasteiger charge is 2.35. The Hall–Kier alpha value is -0.120. The third kappa shape index (κ3) is 3.50. The van der Waals surface area contributed by atoms with Crippen molar-refractivity contribution in [3.8, 4) is 0 Å². The summed E-state index contributed by atoms with van der Waals surface area (Å²) in [5.41, 5.74) is 0. The topological polar surface area (TPSA) is 32.7 Å². The molecule has 19 heavy (non-hydrogen) atoms. The van der Waals surface area contributed by atoms with Crippen molar-refractivity contribution >= 4 is 0 Å². The van der Waals surface area contributed by atoms with Gasteiger partial charge in [-0.2, -0.15) is 0 Å². The Morgan fingerprint density at radius 2 is 1.79 bits per heavy atom. The van der Waals surface area contributed by atoms with Gasteiger partial charge in [-0.1, -0.05) is 38.5 Å². The zero-order valence-corrected chi connectivity index (χ0v) is 12.1. The van der Waals surface area contributed by atoms with Gasteiger partial charge in [0.1, 0.15) is 0 Å². The van der Waals surface area contributed by atoms with Crippen LogP contribution in [0.1, 0.15) is 57.8 Å². The molecule has 0 spiro atoms. The molecule has 0 aromatic carbocycles. The van der Waals surface area contributed by atoms with Crippen LogP contribution in [0.15, 0.2) is 0 Å². The summed E-state index contributed by atoms with van der Waals surface area (Å²) >= 11 is 0. The molecule has 1 heterocycles. The normalized spacial score (nSPS) is 35.2. The molecule has 2 aliphatic carbocycles. The lowest BCUT2D eigenvalue weighted by atomic mass is 9.89. The molecule has 0 radical (unpaired) electrons. The number of aliphatic hydroxyl groups is 1. The van der Waals surface area contributed by atoms with Crippen molar-refractivity contribution in [2.24, 2.45) is 5.92 Å². The van der Waals surface area contributed by atoms with Crippen molar-refractivity contribution in [2.45, 2.75) is 76.0 Å². The molecule has 3 atom stereocenters. The van der Waals surface area contributed by atoms with E-state index in [4.69, 9.17) is 4.74 Å². The lowest BCUT2D eigenvalue weighted by Crippen LogP contribution is -2.54. The molecular weight excluding hydrogens is 238 g/mol. The molecule has 0 bridgehead atoms. The summed E-state index contributed by atoms with van der Waals surface area (Å²) in [5.74, 6) is 0.790. The molecule has 110 valence electrons. The summed E-state index contributed by atoms with van der Waals surface area (Å²) in [4.78, 5) is 2.52.